The molecule has 4 N–H and O–H groups in total. The van der Waals surface area contributed by atoms with Crippen molar-refractivity contribution in [2.45, 2.75) is 12.8 Å². The molecular weight excluding hydrogens is 985 g/mol. The summed E-state index contributed by atoms with van der Waals surface area (Å²) in [5.41, 5.74) is 4.54. The van der Waals surface area contributed by atoms with Gasteiger partial charge in [-0.15, -0.1) is 0 Å². The van der Waals surface area contributed by atoms with Crippen LogP contribution in [0, 0.1) is 0 Å². The van der Waals surface area contributed by atoms with E-state index in [2.05, 4.69) is 21.3 Å². The minimum Gasteiger partial charge on any atom is -0.315 e. The number of amides is 8. The van der Waals surface area contributed by atoms with Gasteiger partial charge < -0.3 is 21.3 Å². The second kappa shape index (κ2) is 22.4. The first-order valence-corrected chi connectivity index (χ1v) is 26.5. The summed E-state index contributed by atoms with van der Waals surface area (Å²) >= 11 is 0. The first-order valence-electron chi connectivity index (χ1n) is 26.5. The van der Waals surface area contributed by atoms with E-state index in [-0.39, 0.29) is 47.3 Å². The number of nitrogens with one attached hydrogen (secondary N) is 4. The maximum Gasteiger partial charge on any atom is 0.261 e. The lowest BCUT2D eigenvalue weighted by Gasteiger charge is -2.27. The molecule has 4 aliphatic rings. The standard InChI is InChI=1S/2C31H28N4O4/c2*36-28-22-10-1-6-20-7-2-11-23(26(20)22)29(37)34(28)18-16-32-14-5-15-33-17-19-35-30(38)24-12-3-8-21-9-4-13-25(27(21)24)31(35)39/h2*1-4,6-13,32-33H,5,14-19H2. The molecule has 0 saturated heterocycles. The maximum absolute atomic E-state index is 13.0. The molecule has 392 valence electrons. The normalized spacial score (nSPS) is 14.7. The van der Waals surface area contributed by atoms with E-state index in [9.17, 15) is 38.4 Å². The van der Waals surface area contributed by atoms with Crippen molar-refractivity contribution in [3.05, 3.63) is 190 Å². The maximum atomic E-state index is 13.0. The van der Waals surface area contributed by atoms with Crippen LogP contribution < -0.4 is 21.3 Å². The van der Waals surface area contributed by atoms with Gasteiger partial charge in [0.05, 0.1) is 0 Å². The van der Waals surface area contributed by atoms with Crippen LogP contribution in [0.5, 0.6) is 0 Å². The van der Waals surface area contributed by atoms with Crippen molar-refractivity contribution in [3.63, 3.8) is 0 Å². The molecule has 0 unspecified atom stereocenters. The van der Waals surface area contributed by atoms with Crippen LogP contribution in [0.25, 0.3) is 43.1 Å². The molecule has 8 aromatic carbocycles. The zero-order valence-corrected chi connectivity index (χ0v) is 42.8. The summed E-state index contributed by atoms with van der Waals surface area (Å²) in [4.78, 5) is 109. The van der Waals surface area contributed by atoms with Crippen LogP contribution in [0.3, 0.4) is 0 Å². The van der Waals surface area contributed by atoms with Crippen molar-refractivity contribution in [3.8, 4) is 0 Å². The van der Waals surface area contributed by atoms with E-state index in [1.807, 2.05) is 97.1 Å². The molecule has 12 rings (SSSR count). The Morgan fingerprint density at radius 2 is 0.397 bits per heavy atom. The van der Waals surface area contributed by atoms with Crippen molar-refractivity contribution >= 4 is 90.3 Å². The average molecular weight is 1040 g/mol. The molecule has 16 heteroatoms. The van der Waals surface area contributed by atoms with Crippen LogP contribution in [0.2, 0.25) is 0 Å². The fraction of sp³-hybridized carbons (Fsp3) is 0.226. The Morgan fingerprint density at radius 3 is 0.564 bits per heavy atom. The molecule has 8 amide bonds. The van der Waals surface area contributed by atoms with Crippen LogP contribution in [-0.4, -0.2) is 145 Å². The summed E-state index contributed by atoms with van der Waals surface area (Å²) in [6.07, 6.45) is 1.63. The molecule has 0 fully saturated rings. The summed E-state index contributed by atoms with van der Waals surface area (Å²) in [7, 11) is 0. The molecule has 0 saturated carbocycles. The monoisotopic (exact) mass is 1040 g/mol. The Kier molecular flexibility index (Phi) is 14.8. The third-order valence-corrected chi connectivity index (χ3v) is 14.9. The lowest BCUT2D eigenvalue weighted by molar-refractivity contribution is 0.0596. The van der Waals surface area contributed by atoms with Crippen LogP contribution in [0.1, 0.15) is 95.7 Å². The molecule has 0 spiro atoms. The Hall–Kier alpha value is -8.80. The highest BCUT2D eigenvalue weighted by atomic mass is 16.2. The zero-order valence-electron chi connectivity index (χ0n) is 42.8. The summed E-state index contributed by atoms with van der Waals surface area (Å²) in [6.45, 7) is 5.97. The average Bonchev–Trinajstić information content (AvgIpc) is 3.59. The van der Waals surface area contributed by atoms with E-state index >= 15 is 0 Å². The number of carbonyl (C=O) groups excluding carboxylic acids is 8. The van der Waals surface area contributed by atoms with E-state index in [1.165, 1.54) is 19.6 Å². The summed E-state index contributed by atoms with van der Waals surface area (Å²) < 4.78 is 0. The highest BCUT2D eigenvalue weighted by molar-refractivity contribution is 6.28. The minimum absolute atomic E-state index is 0.256. The quantitative estimate of drug-likeness (QED) is 0.0456. The van der Waals surface area contributed by atoms with Crippen LogP contribution in [-0.2, 0) is 0 Å². The molecule has 0 bridgehead atoms. The van der Waals surface area contributed by atoms with Gasteiger partial charge in [0.15, 0.2) is 0 Å². The minimum atomic E-state index is -0.256. The zero-order chi connectivity index (χ0) is 53.9. The largest absolute Gasteiger partial charge is 0.315 e. The van der Waals surface area contributed by atoms with Crippen molar-refractivity contribution in [1.29, 1.82) is 0 Å². The number of hydrogen-bond acceptors (Lipinski definition) is 12. The number of carbonyl (C=O) groups is 8. The van der Waals surface area contributed by atoms with Gasteiger partial charge in [-0.2, -0.15) is 0 Å². The third-order valence-electron chi connectivity index (χ3n) is 14.9. The SMILES string of the molecule is O=C1c2cccc3cccc(c23)C(=O)N1CCNCCCNCCN1C(=O)c2cccc3cccc(c23)C1=O.O=C1c2cccc3cccc(c23)C(=O)N1CCNCCCNCCN1C(=O)c2cccc3cccc(c23)C1=O. The van der Waals surface area contributed by atoms with Gasteiger partial charge in [0.2, 0.25) is 0 Å². The second-order valence-corrected chi connectivity index (χ2v) is 19.6. The molecule has 16 nitrogen and oxygen atoms in total. The van der Waals surface area contributed by atoms with Gasteiger partial charge in [-0.3, -0.25) is 58.0 Å². The van der Waals surface area contributed by atoms with E-state index in [0.717, 1.165) is 55.9 Å². The number of nitrogens with zero attached hydrogens (tertiary/aromatic N) is 4. The molecule has 0 radical (unpaired) electrons. The smallest absolute Gasteiger partial charge is 0.261 e. The number of rotatable bonds is 20. The number of hydrogen-bond donors (Lipinski definition) is 4. The van der Waals surface area contributed by atoms with Gasteiger partial charge in [0, 0.05) is 118 Å². The van der Waals surface area contributed by atoms with E-state index < -0.39 is 0 Å². The molecule has 8 aromatic rings. The highest BCUT2D eigenvalue weighted by Crippen LogP contribution is 2.33. The second-order valence-electron chi connectivity index (χ2n) is 19.6. The van der Waals surface area contributed by atoms with E-state index in [4.69, 9.17) is 0 Å². The van der Waals surface area contributed by atoms with E-state index in [0.29, 0.717) is 123 Å². The highest BCUT2D eigenvalue weighted by Gasteiger charge is 2.36. The van der Waals surface area contributed by atoms with Crippen molar-refractivity contribution in [2.75, 3.05) is 78.5 Å². The summed E-state index contributed by atoms with van der Waals surface area (Å²) in [5.74, 6) is -2.05. The molecule has 78 heavy (non-hydrogen) atoms. The van der Waals surface area contributed by atoms with Gasteiger partial charge in [0.1, 0.15) is 0 Å². The molecule has 4 aliphatic heterocycles. The van der Waals surface area contributed by atoms with Gasteiger partial charge in [0.25, 0.3) is 47.3 Å². The van der Waals surface area contributed by atoms with Gasteiger partial charge >= 0.3 is 0 Å². The fourth-order valence-electron chi connectivity index (χ4n) is 11.1. The number of imide groups is 4. The fourth-order valence-corrected chi connectivity index (χ4v) is 11.1. The number of benzene rings is 8. The topological polar surface area (TPSA) is 198 Å². The lowest BCUT2D eigenvalue weighted by atomic mass is 9.94. The van der Waals surface area contributed by atoms with Crippen LogP contribution in [0.15, 0.2) is 146 Å². The Morgan fingerprint density at radius 1 is 0.231 bits per heavy atom. The van der Waals surface area contributed by atoms with Crippen molar-refractivity contribution in [2.24, 2.45) is 0 Å². The molecular formula is C62H56N8O8. The molecule has 0 aromatic heterocycles. The van der Waals surface area contributed by atoms with Gasteiger partial charge in [-0.25, -0.2) is 0 Å². The Balaban J connectivity index is 0.000000165. The molecule has 4 heterocycles. The predicted octanol–water partition coefficient (Wildman–Crippen LogP) is 6.91. The molecule has 0 atom stereocenters. The van der Waals surface area contributed by atoms with Crippen molar-refractivity contribution in [1.82, 2.24) is 40.9 Å². The third kappa shape index (κ3) is 9.59. The summed E-state index contributed by atoms with van der Waals surface area (Å²) in [6, 6.07) is 44.2. The molecule has 0 aliphatic carbocycles. The Labute approximate surface area is 449 Å². The first-order chi connectivity index (χ1) is 38.1. The van der Waals surface area contributed by atoms with Crippen molar-refractivity contribution < 1.29 is 38.4 Å². The van der Waals surface area contributed by atoms with E-state index in [1.54, 1.807) is 48.5 Å². The van der Waals surface area contributed by atoms with Gasteiger partial charge in [-0.1, -0.05) is 97.1 Å². The lowest BCUT2D eigenvalue weighted by Crippen LogP contribution is -2.44. The van der Waals surface area contributed by atoms with Crippen LogP contribution in [0.4, 0.5) is 0 Å². The summed E-state index contributed by atoms with van der Waals surface area (Å²) in [5, 5.41) is 19.7. The predicted molar refractivity (Wildman–Crippen MR) is 298 cm³/mol. The van der Waals surface area contributed by atoms with Crippen LogP contribution >= 0.6 is 0 Å². The van der Waals surface area contributed by atoms with Gasteiger partial charge in [-0.05, 0) is 109 Å². The first kappa shape index (κ1) is 51.3. The Bertz CT molecular complexity index is 3090.